The van der Waals surface area contributed by atoms with Crippen LogP contribution in [-0.2, 0) is 9.59 Å². The maximum Gasteiger partial charge on any atom is 0.305 e. The number of carboxylic acid groups (broad SMARTS) is 1. The first-order valence-corrected chi connectivity index (χ1v) is 10.0. The van der Waals surface area contributed by atoms with Gasteiger partial charge < -0.3 is 16.2 Å². The SMILES string of the molecule is CCCCC(C)CC(N)CC(=O)NC(CC(=O)O)CC(C)CCCC. The number of nitrogens with one attached hydrogen (secondary N) is 1. The zero-order chi connectivity index (χ0) is 19.2. The summed E-state index contributed by atoms with van der Waals surface area (Å²) in [6.07, 6.45) is 8.63. The Morgan fingerprint density at radius 1 is 0.960 bits per heavy atom. The fourth-order valence-corrected chi connectivity index (χ4v) is 3.36. The van der Waals surface area contributed by atoms with Gasteiger partial charge in [-0.05, 0) is 24.7 Å². The van der Waals surface area contributed by atoms with Gasteiger partial charge in [0.05, 0.1) is 6.42 Å². The van der Waals surface area contributed by atoms with Gasteiger partial charge in [-0.3, -0.25) is 9.59 Å². The van der Waals surface area contributed by atoms with Gasteiger partial charge >= 0.3 is 5.97 Å². The van der Waals surface area contributed by atoms with Gasteiger partial charge in [0, 0.05) is 18.5 Å². The summed E-state index contributed by atoms with van der Waals surface area (Å²) in [4.78, 5) is 23.3. The normalized spacial score (nSPS) is 16.0. The zero-order valence-corrected chi connectivity index (χ0v) is 16.7. The van der Waals surface area contributed by atoms with E-state index in [4.69, 9.17) is 10.8 Å². The van der Waals surface area contributed by atoms with E-state index in [1.807, 2.05) is 0 Å². The van der Waals surface area contributed by atoms with E-state index in [1.165, 1.54) is 12.8 Å². The maximum absolute atomic E-state index is 12.3. The second kappa shape index (κ2) is 14.1. The minimum atomic E-state index is -0.870. The van der Waals surface area contributed by atoms with E-state index in [1.54, 1.807) is 0 Å². The van der Waals surface area contributed by atoms with Gasteiger partial charge in [0.2, 0.25) is 5.91 Å². The molecular formula is C20H40N2O3. The van der Waals surface area contributed by atoms with Gasteiger partial charge in [-0.2, -0.15) is 0 Å². The van der Waals surface area contributed by atoms with Crippen molar-refractivity contribution in [2.75, 3.05) is 0 Å². The van der Waals surface area contributed by atoms with Crippen LogP contribution in [0.15, 0.2) is 0 Å². The molecule has 0 radical (unpaired) electrons. The van der Waals surface area contributed by atoms with E-state index in [2.05, 4.69) is 33.0 Å². The lowest BCUT2D eigenvalue weighted by Gasteiger charge is -2.22. The Hall–Kier alpha value is -1.10. The van der Waals surface area contributed by atoms with Crippen molar-refractivity contribution in [2.24, 2.45) is 17.6 Å². The number of nitrogens with two attached hydrogens (primary N) is 1. The molecule has 1 amide bonds. The van der Waals surface area contributed by atoms with Crippen LogP contribution in [0.2, 0.25) is 0 Å². The molecule has 5 heteroatoms. The lowest BCUT2D eigenvalue weighted by Crippen LogP contribution is -2.40. The molecule has 25 heavy (non-hydrogen) atoms. The molecule has 0 rings (SSSR count). The number of rotatable bonds is 15. The summed E-state index contributed by atoms with van der Waals surface area (Å²) in [5, 5.41) is 12.0. The minimum absolute atomic E-state index is 0.0235. The second-order valence-electron chi connectivity index (χ2n) is 7.79. The molecule has 0 aliphatic heterocycles. The maximum atomic E-state index is 12.3. The predicted molar refractivity (Wildman–Crippen MR) is 103 cm³/mol. The molecule has 0 aliphatic rings. The van der Waals surface area contributed by atoms with Gasteiger partial charge in [0.1, 0.15) is 0 Å². The van der Waals surface area contributed by atoms with Crippen molar-refractivity contribution in [3.8, 4) is 0 Å². The van der Waals surface area contributed by atoms with Crippen LogP contribution in [0.3, 0.4) is 0 Å². The number of hydrogen-bond acceptors (Lipinski definition) is 3. The standard InChI is InChI=1S/C20H40N2O3/c1-5-7-9-15(3)11-17(21)13-19(23)22-18(14-20(24)25)12-16(4)10-8-6-2/h15-18H,5-14,21H2,1-4H3,(H,22,23)(H,24,25). The topological polar surface area (TPSA) is 92.4 Å². The number of hydrogen-bond donors (Lipinski definition) is 3. The summed E-state index contributed by atoms with van der Waals surface area (Å²) in [6.45, 7) is 8.62. The van der Waals surface area contributed by atoms with E-state index < -0.39 is 5.97 Å². The third-order valence-corrected chi connectivity index (χ3v) is 4.73. The van der Waals surface area contributed by atoms with Crippen LogP contribution in [0.25, 0.3) is 0 Å². The quantitative estimate of drug-likeness (QED) is 0.412. The molecule has 0 saturated heterocycles. The summed E-state index contributed by atoms with van der Waals surface area (Å²) in [5.41, 5.74) is 6.11. The molecule has 148 valence electrons. The number of carbonyl (C=O) groups excluding carboxylic acids is 1. The highest BCUT2D eigenvalue weighted by molar-refractivity contribution is 5.78. The molecule has 0 aromatic rings. The largest absolute Gasteiger partial charge is 0.481 e. The van der Waals surface area contributed by atoms with E-state index in [0.717, 1.165) is 32.1 Å². The number of aliphatic carboxylic acids is 1. The smallest absolute Gasteiger partial charge is 0.305 e. The number of carboxylic acids is 1. The average molecular weight is 357 g/mol. The first-order valence-electron chi connectivity index (χ1n) is 10.0. The van der Waals surface area contributed by atoms with Gasteiger partial charge in [0.25, 0.3) is 0 Å². The molecule has 0 bridgehead atoms. The molecule has 4 atom stereocenters. The zero-order valence-electron chi connectivity index (χ0n) is 16.7. The molecule has 0 aromatic carbocycles. The van der Waals surface area contributed by atoms with Crippen molar-refractivity contribution in [3.63, 3.8) is 0 Å². The van der Waals surface area contributed by atoms with Crippen LogP contribution in [0.4, 0.5) is 0 Å². The molecule has 0 spiro atoms. The van der Waals surface area contributed by atoms with E-state index in [0.29, 0.717) is 18.3 Å². The van der Waals surface area contributed by atoms with E-state index >= 15 is 0 Å². The Kier molecular flexibility index (Phi) is 13.5. The lowest BCUT2D eigenvalue weighted by atomic mass is 9.93. The van der Waals surface area contributed by atoms with Crippen LogP contribution in [0.5, 0.6) is 0 Å². The van der Waals surface area contributed by atoms with Crippen LogP contribution < -0.4 is 11.1 Å². The molecule has 0 heterocycles. The van der Waals surface area contributed by atoms with Crippen LogP contribution in [-0.4, -0.2) is 29.1 Å². The fraction of sp³-hybridized carbons (Fsp3) is 0.900. The molecule has 4 unspecified atom stereocenters. The van der Waals surface area contributed by atoms with Crippen molar-refractivity contribution in [2.45, 2.75) is 104 Å². The number of unbranched alkanes of at least 4 members (excludes halogenated alkanes) is 2. The van der Waals surface area contributed by atoms with E-state index in [-0.39, 0.29) is 30.8 Å². The first kappa shape index (κ1) is 23.9. The monoisotopic (exact) mass is 356 g/mol. The average Bonchev–Trinajstić information content (AvgIpc) is 2.49. The summed E-state index contributed by atoms with van der Waals surface area (Å²) in [7, 11) is 0. The van der Waals surface area contributed by atoms with Crippen molar-refractivity contribution in [1.29, 1.82) is 0 Å². The molecular weight excluding hydrogens is 316 g/mol. The Bertz CT molecular complexity index is 374. The summed E-state index contributed by atoms with van der Waals surface area (Å²) < 4.78 is 0. The van der Waals surface area contributed by atoms with Crippen LogP contribution in [0, 0.1) is 11.8 Å². The summed E-state index contributed by atoms with van der Waals surface area (Å²) in [5.74, 6) is -0.0615. The summed E-state index contributed by atoms with van der Waals surface area (Å²) >= 11 is 0. The van der Waals surface area contributed by atoms with Crippen molar-refractivity contribution < 1.29 is 14.7 Å². The highest BCUT2D eigenvalue weighted by atomic mass is 16.4. The van der Waals surface area contributed by atoms with Crippen molar-refractivity contribution in [3.05, 3.63) is 0 Å². The fourth-order valence-electron chi connectivity index (χ4n) is 3.36. The van der Waals surface area contributed by atoms with Crippen LogP contribution in [0.1, 0.15) is 91.9 Å². The predicted octanol–water partition coefficient (Wildman–Crippen LogP) is 4.10. The highest BCUT2D eigenvalue weighted by Crippen LogP contribution is 2.17. The van der Waals surface area contributed by atoms with Gasteiger partial charge in [-0.15, -0.1) is 0 Å². The Morgan fingerprint density at radius 2 is 1.48 bits per heavy atom. The second-order valence-corrected chi connectivity index (χ2v) is 7.79. The van der Waals surface area contributed by atoms with Gasteiger partial charge in [-0.25, -0.2) is 0 Å². The number of amides is 1. The van der Waals surface area contributed by atoms with Gasteiger partial charge in [0.15, 0.2) is 0 Å². The number of carbonyl (C=O) groups is 2. The minimum Gasteiger partial charge on any atom is -0.481 e. The van der Waals surface area contributed by atoms with Gasteiger partial charge in [-0.1, -0.05) is 66.2 Å². The van der Waals surface area contributed by atoms with Crippen molar-refractivity contribution >= 4 is 11.9 Å². The third-order valence-electron chi connectivity index (χ3n) is 4.73. The molecule has 5 nitrogen and oxygen atoms in total. The highest BCUT2D eigenvalue weighted by Gasteiger charge is 2.20. The molecule has 0 aromatic heterocycles. The van der Waals surface area contributed by atoms with Crippen LogP contribution >= 0.6 is 0 Å². The Balaban J connectivity index is 4.37. The summed E-state index contributed by atoms with van der Waals surface area (Å²) in [6, 6.07) is -0.462. The Morgan fingerprint density at radius 3 is 1.96 bits per heavy atom. The molecule has 0 aliphatic carbocycles. The third kappa shape index (κ3) is 13.8. The molecule has 4 N–H and O–H groups in total. The first-order chi connectivity index (χ1) is 11.8. The molecule has 0 saturated carbocycles. The lowest BCUT2D eigenvalue weighted by molar-refractivity contribution is -0.137. The van der Waals surface area contributed by atoms with E-state index in [9.17, 15) is 9.59 Å². The molecule has 0 fully saturated rings. The van der Waals surface area contributed by atoms with Crippen molar-refractivity contribution in [1.82, 2.24) is 5.32 Å². The Labute approximate surface area is 154 Å².